The third-order valence-electron chi connectivity index (χ3n) is 5.80. The number of imide groups is 1. The second-order valence-electron chi connectivity index (χ2n) is 7.74. The van der Waals surface area contributed by atoms with Crippen LogP contribution in [0.2, 0.25) is 0 Å². The fourth-order valence-corrected chi connectivity index (χ4v) is 4.23. The van der Waals surface area contributed by atoms with Gasteiger partial charge in [-0.3, -0.25) is 24.2 Å². The summed E-state index contributed by atoms with van der Waals surface area (Å²) in [6.07, 6.45) is -0.406. The number of aliphatic imine (C=N–C) groups is 1. The van der Waals surface area contributed by atoms with Crippen LogP contribution in [-0.2, 0) is 14.3 Å². The van der Waals surface area contributed by atoms with Crippen LogP contribution >= 0.6 is 0 Å². The number of hydrogen-bond donors (Lipinski definition) is 0. The minimum atomic E-state index is -0.406. The summed E-state index contributed by atoms with van der Waals surface area (Å²) in [5.74, 6) is -0.672. The quantitative estimate of drug-likeness (QED) is 0.678. The molecule has 0 aromatic heterocycles. The van der Waals surface area contributed by atoms with Gasteiger partial charge in [0, 0.05) is 25.0 Å². The van der Waals surface area contributed by atoms with Crippen molar-refractivity contribution >= 4 is 35.1 Å². The lowest BCUT2D eigenvalue weighted by molar-refractivity contribution is -0.125. The van der Waals surface area contributed by atoms with E-state index in [1.54, 1.807) is 36.2 Å². The standard InChI is InChI=1S/C23H22N4O5/c1-24-23-26(16-8-6-15(7-9-16)25-10-11-31-14-20(25)28)12-17(32-23)13-27-21(29)18-4-2-3-5-19(18)22(27)30/h2-9,17H,10-14H2,1H3. The van der Waals surface area contributed by atoms with Crippen molar-refractivity contribution in [2.75, 3.05) is 49.7 Å². The van der Waals surface area contributed by atoms with E-state index in [0.717, 1.165) is 11.4 Å². The summed E-state index contributed by atoms with van der Waals surface area (Å²) in [7, 11) is 1.63. The van der Waals surface area contributed by atoms with Crippen molar-refractivity contribution < 1.29 is 23.9 Å². The average Bonchev–Trinajstić information content (AvgIpc) is 3.34. The predicted molar refractivity (Wildman–Crippen MR) is 117 cm³/mol. The number of amides is 3. The summed E-state index contributed by atoms with van der Waals surface area (Å²) >= 11 is 0. The zero-order chi connectivity index (χ0) is 22.2. The first kappa shape index (κ1) is 20.2. The second-order valence-corrected chi connectivity index (χ2v) is 7.74. The Kier molecular flexibility index (Phi) is 5.10. The van der Waals surface area contributed by atoms with Crippen LogP contribution in [0.3, 0.4) is 0 Å². The van der Waals surface area contributed by atoms with Crippen LogP contribution in [0.15, 0.2) is 53.5 Å². The molecule has 3 heterocycles. The first-order chi connectivity index (χ1) is 15.6. The number of amidine groups is 1. The van der Waals surface area contributed by atoms with Gasteiger partial charge in [-0.15, -0.1) is 0 Å². The molecule has 0 aliphatic carbocycles. The number of hydrogen-bond acceptors (Lipinski definition) is 6. The first-order valence-corrected chi connectivity index (χ1v) is 10.4. The number of ether oxygens (including phenoxy) is 2. The zero-order valence-corrected chi connectivity index (χ0v) is 17.6. The highest BCUT2D eigenvalue weighted by molar-refractivity contribution is 6.21. The van der Waals surface area contributed by atoms with Gasteiger partial charge in [0.1, 0.15) is 12.7 Å². The summed E-state index contributed by atoms with van der Waals surface area (Å²) in [6.45, 7) is 1.71. The maximum absolute atomic E-state index is 12.7. The minimum absolute atomic E-state index is 0.0645. The largest absolute Gasteiger partial charge is 0.458 e. The third-order valence-corrected chi connectivity index (χ3v) is 5.80. The van der Waals surface area contributed by atoms with E-state index in [9.17, 15) is 14.4 Å². The molecule has 164 valence electrons. The molecule has 0 bridgehead atoms. The Labute approximate surface area is 184 Å². The molecule has 2 saturated heterocycles. The summed E-state index contributed by atoms with van der Waals surface area (Å²) < 4.78 is 11.1. The summed E-state index contributed by atoms with van der Waals surface area (Å²) in [6, 6.07) is 14.8. The Hall–Kier alpha value is -3.72. The Morgan fingerprint density at radius 1 is 0.938 bits per heavy atom. The van der Waals surface area contributed by atoms with Crippen molar-refractivity contribution in [1.29, 1.82) is 0 Å². The van der Waals surface area contributed by atoms with Gasteiger partial charge in [-0.25, -0.2) is 4.99 Å². The van der Waals surface area contributed by atoms with Crippen LogP contribution in [-0.4, -0.2) is 74.6 Å². The van der Waals surface area contributed by atoms with Crippen molar-refractivity contribution in [3.05, 3.63) is 59.7 Å². The van der Waals surface area contributed by atoms with Gasteiger partial charge in [0.05, 0.1) is 30.8 Å². The topological polar surface area (TPSA) is 91.8 Å². The predicted octanol–water partition coefficient (Wildman–Crippen LogP) is 1.54. The molecule has 3 amide bonds. The fourth-order valence-electron chi connectivity index (χ4n) is 4.23. The Morgan fingerprint density at radius 2 is 1.56 bits per heavy atom. The van der Waals surface area contributed by atoms with Crippen LogP contribution in [0.1, 0.15) is 20.7 Å². The number of carbonyl (C=O) groups excluding carboxylic acids is 3. The van der Waals surface area contributed by atoms with Crippen LogP contribution in [0.5, 0.6) is 0 Å². The van der Waals surface area contributed by atoms with Gasteiger partial charge in [0.25, 0.3) is 23.7 Å². The molecule has 2 aromatic rings. The van der Waals surface area contributed by atoms with Gasteiger partial charge in [0.15, 0.2) is 0 Å². The molecule has 0 radical (unpaired) electrons. The lowest BCUT2D eigenvalue weighted by Gasteiger charge is -2.27. The van der Waals surface area contributed by atoms with Crippen LogP contribution in [0.4, 0.5) is 11.4 Å². The molecule has 2 fully saturated rings. The highest BCUT2D eigenvalue weighted by Gasteiger charge is 2.40. The lowest BCUT2D eigenvalue weighted by atomic mass is 10.1. The normalized spacial score (nSPS) is 22.0. The van der Waals surface area contributed by atoms with Crippen LogP contribution in [0, 0.1) is 0 Å². The molecule has 9 heteroatoms. The van der Waals surface area contributed by atoms with E-state index in [2.05, 4.69) is 4.99 Å². The number of fused-ring (bicyclic) bond motifs is 1. The van der Waals surface area contributed by atoms with Crippen molar-refractivity contribution in [3.8, 4) is 0 Å². The van der Waals surface area contributed by atoms with Crippen LogP contribution in [0.25, 0.3) is 0 Å². The molecule has 3 aliphatic rings. The highest BCUT2D eigenvalue weighted by atomic mass is 16.5. The molecule has 0 saturated carbocycles. The maximum atomic E-state index is 12.7. The minimum Gasteiger partial charge on any atom is -0.458 e. The smallest absolute Gasteiger partial charge is 0.292 e. The number of rotatable bonds is 4. The Bertz CT molecular complexity index is 1080. The van der Waals surface area contributed by atoms with Gasteiger partial charge >= 0.3 is 0 Å². The number of anilines is 2. The molecule has 1 unspecified atom stereocenters. The molecule has 9 nitrogen and oxygen atoms in total. The van der Waals surface area contributed by atoms with E-state index in [-0.39, 0.29) is 30.9 Å². The fraction of sp³-hybridized carbons (Fsp3) is 0.304. The first-order valence-electron chi connectivity index (χ1n) is 10.4. The maximum Gasteiger partial charge on any atom is 0.292 e. The molecule has 3 aliphatic heterocycles. The van der Waals surface area contributed by atoms with Gasteiger partial charge in [-0.2, -0.15) is 0 Å². The van der Waals surface area contributed by atoms with E-state index in [0.29, 0.717) is 36.8 Å². The Balaban J connectivity index is 1.30. The molecule has 32 heavy (non-hydrogen) atoms. The molecule has 0 N–H and O–H groups in total. The van der Waals surface area contributed by atoms with E-state index >= 15 is 0 Å². The summed E-state index contributed by atoms with van der Waals surface area (Å²) in [4.78, 5) is 46.5. The molecular formula is C23H22N4O5. The monoisotopic (exact) mass is 434 g/mol. The lowest BCUT2D eigenvalue weighted by Crippen LogP contribution is -2.41. The highest BCUT2D eigenvalue weighted by Crippen LogP contribution is 2.28. The number of carbonyl (C=O) groups is 3. The van der Waals surface area contributed by atoms with Gasteiger partial charge < -0.3 is 14.4 Å². The van der Waals surface area contributed by atoms with Crippen LogP contribution < -0.4 is 9.80 Å². The molecule has 5 rings (SSSR count). The van der Waals surface area contributed by atoms with Crippen molar-refractivity contribution in [1.82, 2.24) is 4.90 Å². The van der Waals surface area contributed by atoms with Crippen molar-refractivity contribution in [2.24, 2.45) is 4.99 Å². The van der Waals surface area contributed by atoms with E-state index in [1.807, 2.05) is 29.2 Å². The number of morpholine rings is 1. The average molecular weight is 434 g/mol. The number of nitrogens with zero attached hydrogens (tertiary/aromatic N) is 4. The third kappa shape index (κ3) is 3.40. The van der Waals surface area contributed by atoms with Gasteiger partial charge in [0.2, 0.25) is 0 Å². The molecule has 2 aromatic carbocycles. The van der Waals surface area contributed by atoms with Gasteiger partial charge in [-0.05, 0) is 36.4 Å². The van der Waals surface area contributed by atoms with Gasteiger partial charge in [-0.1, -0.05) is 12.1 Å². The second kappa shape index (κ2) is 8.08. The summed E-state index contributed by atoms with van der Waals surface area (Å²) in [5, 5.41) is 0. The summed E-state index contributed by atoms with van der Waals surface area (Å²) in [5.41, 5.74) is 2.50. The number of benzene rings is 2. The zero-order valence-electron chi connectivity index (χ0n) is 17.6. The van der Waals surface area contributed by atoms with E-state index in [1.165, 1.54) is 4.90 Å². The van der Waals surface area contributed by atoms with E-state index in [4.69, 9.17) is 9.47 Å². The Morgan fingerprint density at radius 3 is 2.16 bits per heavy atom. The molecule has 0 spiro atoms. The van der Waals surface area contributed by atoms with Crippen molar-refractivity contribution in [2.45, 2.75) is 6.10 Å². The molecular weight excluding hydrogens is 412 g/mol. The molecule has 1 atom stereocenters. The van der Waals surface area contributed by atoms with Crippen molar-refractivity contribution in [3.63, 3.8) is 0 Å². The SMILES string of the molecule is CN=C1OC(CN2C(=O)c3ccccc3C2=O)CN1c1ccc(N2CCOCC2=O)cc1. The van der Waals surface area contributed by atoms with E-state index < -0.39 is 6.10 Å².